The van der Waals surface area contributed by atoms with E-state index in [1.165, 1.54) is 0 Å². The van der Waals surface area contributed by atoms with Gasteiger partial charge in [-0.05, 0) is 24.0 Å². The summed E-state index contributed by atoms with van der Waals surface area (Å²) in [5, 5.41) is 19.8. The number of aliphatic carboxylic acids is 2. The number of carboxylic acids is 2. The Balaban J connectivity index is 0.000000343. The number of nitrogens with two attached hydrogens (primary N) is 2. The van der Waals surface area contributed by atoms with Crippen molar-refractivity contribution in [1.29, 1.82) is 0 Å². The van der Waals surface area contributed by atoms with Crippen molar-refractivity contribution in [2.75, 3.05) is 0 Å². The van der Waals surface area contributed by atoms with Gasteiger partial charge in [-0.1, -0.05) is 60.7 Å². The summed E-state index contributed by atoms with van der Waals surface area (Å²) in [5.41, 5.74) is 12.0. The second-order valence-electron chi connectivity index (χ2n) is 6.76. The van der Waals surface area contributed by atoms with Crippen molar-refractivity contribution in [3.63, 3.8) is 0 Å². The Bertz CT molecular complexity index is 858. The lowest BCUT2D eigenvalue weighted by Gasteiger charge is -2.13. The Morgan fingerprint density at radius 3 is 1.81 bits per heavy atom. The Morgan fingerprint density at radius 1 is 0.839 bits per heavy atom. The summed E-state index contributed by atoms with van der Waals surface area (Å²) >= 11 is 0. The molecule has 2 unspecified atom stereocenters. The molecule has 2 atom stereocenters. The van der Waals surface area contributed by atoms with Crippen LogP contribution in [0.25, 0.3) is 0 Å². The van der Waals surface area contributed by atoms with Crippen molar-refractivity contribution in [3.05, 3.63) is 71.8 Å². The smallest absolute Gasteiger partial charge is 0.326 e. The van der Waals surface area contributed by atoms with Crippen LogP contribution < -0.4 is 16.8 Å². The lowest BCUT2D eigenvalue weighted by atomic mass is 10.1. The van der Waals surface area contributed by atoms with Gasteiger partial charge in [-0.3, -0.25) is 14.4 Å². The zero-order valence-electron chi connectivity index (χ0n) is 16.9. The minimum Gasteiger partial charge on any atom is -0.480 e. The number of nitrogens with one attached hydrogen (secondary N) is 1. The summed E-state index contributed by atoms with van der Waals surface area (Å²) < 4.78 is 0. The molecule has 0 heterocycles. The fraction of sp³-hybridized carbons (Fsp3) is 0.273. The molecule has 0 aliphatic heterocycles. The molecule has 9 heteroatoms. The Morgan fingerprint density at radius 2 is 1.35 bits per heavy atom. The summed E-state index contributed by atoms with van der Waals surface area (Å²) in [6.07, 6.45) is 0.394. The Labute approximate surface area is 180 Å². The molecule has 2 rings (SSSR count). The van der Waals surface area contributed by atoms with E-state index in [4.69, 9.17) is 21.7 Å². The van der Waals surface area contributed by atoms with Crippen LogP contribution in [0, 0.1) is 0 Å². The zero-order chi connectivity index (χ0) is 23.2. The number of carbonyl (C=O) groups excluding carboxylic acids is 2. The summed E-state index contributed by atoms with van der Waals surface area (Å²) in [6, 6.07) is 16.4. The zero-order valence-corrected chi connectivity index (χ0v) is 16.9. The molecule has 0 bridgehead atoms. The number of carbonyl (C=O) groups is 4. The van der Waals surface area contributed by atoms with Crippen LogP contribution in [0.4, 0.5) is 0 Å². The van der Waals surface area contributed by atoms with Crippen molar-refractivity contribution in [2.45, 2.75) is 37.8 Å². The van der Waals surface area contributed by atoms with Gasteiger partial charge in [-0.15, -0.1) is 0 Å². The number of carboxylic acid groups (broad SMARTS) is 2. The minimum atomic E-state index is -1.18. The molecule has 0 radical (unpaired) electrons. The highest BCUT2D eigenvalue weighted by atomic mass is 16.4. The maximum atomic E-state index is 11.7. The van der Waals surface area contributed by atoms with Crippen molar-refractivity contribution < 1.29 is 29.4 Å². The molecule has 0 saturated carbocycles. The lowest BCUT2D eigenvalue weighted by Crippen LogP contribution is -2.42. The van der Waals surface area contributed by atoms with E-state index in [9.17, 15) is 19.2 Å². The van der Waals surface area contributed by atoms with E-state index < -0.39 is 35.8 Å². The molecule has 166 valence electrons. The standard InChI is InChI=1S/C13H16N2O4.C9H11NO2/c14-11(16)7-6-10(13(18)19)15-12(17)8-9-4-2-1-3-5-9;10-8(9(11)12)6-7-4-2-1-3-5-7/h1-5,10H,6-8H2,(H2,14,16)(H,15,17)(H,18,19);1-5,8H,6,10H2,(H,11,12). The molecule has 0 fully saturated rings. The molecule has 31 heavy (non-hydrogen) atoms. The third-order valence-corrected chi connectivity index (χ3v) is 4.14. The molecule has 0 saturated heterocycles. The average Bonchev–Trinajstić information content (AvgIpc) is 2.72. The molecule has 2 aromatic rings. The molecule has 0 spiro atoms. The van der Waals surface area contributed by atoms with E-state index in [1.54, 1.807) is 24.3 Å². The fourth-order valence-electron chi connectivity index (χ4n) is 2.53. The molecule has 0 aromatic heterocycles. The van der Waals surface area contributed by atoms with E-state index >= 15 is 0 Å². The van der Waals surface area contributed by atoms with Crippen LogP contribution in [-0.4, -0.2) is 46.0 Å². The van der Waals surface area contributed by atoms with E-state index in [-0.39, 0.29) is 19.3 Å². The maximum Gasteiger partial charge on any atom is 0.326 e. The molecule has 0 aliphatic rings. The lowest BCUT2D eigenvalue weighted by molar-refractivity contribution is -0.142. The first kappa shape index (κ1) is 25.3. The van der Waals surface area contributed by atoms with Crippen molar-refractivity contribution in [1.82, 2.24) is 5.32 Å². The van der Waals surface area contributed by atoms with Gasteiger partial charge in [0.15, 0.2) is 0 Å². The summed E-state index contributed by atoms with van der Waals surface area (Å²) in [4.78, 5) is 43.6. The van der Waals surface area contributed by atoms with E-state index in [0.29, 0.717) is 6.42 Å². The maximum absolute atomic E-state index is 11.7. The van der Waals surface area contributed by atoms with Crippen molar-refractivity contribution in [2.24, 2.45) is 11.5 Å². The van der Waals surface area contributed by atoms with E-state index in [1.807, 2.05) is 36.4 Å². The number of amides is 2. The third-order valence-electron chi connectivity index (χ3n) is 4.14. The van der Waals surface area contributed by atoms with Crippen LogP contribution in [0.15, 0.2) is 60.7 Å². The van der Waals surface area contributed by atoms with Gasteiger partial charge in [0.2, 0.25) is 11.8 Å². The first-order valence-electron chi connectivity index (χ1n) is 9.55. The van der Waals surface area contributed by atoms with Crippen molar-refractivity contribution >= 4 is 23.8 Å². The molecule has 0 aliphatic carbocycles. The first-order chi connectivity index (χ1) is 14.7. The number of hydrogen-bond donors (Lipinski definition) is 5. The Kier molecular flexibility index (Phi) is 11.0. The quantitative estimate of drug-likeness (QED) is 0.370. The van der Waals surface area contributed by atoms with Gasteiger partial charge >= 0.3 is 11.9 Å². The van der Waals surface area contributed by atoms with E-state index in [2.05, 4.69) is 5.32 Å². The van der Waals surface area contributed by atoms with E-state index in [0.717, 1.165) is 11.1 Å². The molecule has 9 nitrogen and oxygen atoms in total. The highest BCUT2D eigenvalue weighted by Gasteiger charge is 2.20. The predicted octanol–water partition coefficient (Wildman–Crippen LogP) is 0.705. The second kappa shape index (κ2) is 13.5. The monoisotopic (exact) mass is 429 g/mol. The summed E-state index contributed by atoms with van der Waals surface area (Å²) in [7, 11) is 0. The largest absolute Gasteiger partial charge is 0.480 e. The van der Waals surface area contributed by atoms with Gasteiger partial charge in [0.1, 0.15) is 12.1 Å². The Hall–Kier alpha value is -3.72. The normalized spacial score (nSPS) is 11.9. The molecule has 2 amide bonds. The highest BCUT2D eigenvalue weighted by molar-refractivity contribution is 5.85. The van der Waals surface area contributed by atoms with Crippen LogP contribution >= 0.6 is 0 Å². The third kappa shape index (κ3) is 11.1. The fourth-order valence-corrected chi connectivity index (χ4v) is 2.53. The van der Waals surface area contributed by atoms with Crippen LogP contribution in [-0.2, 0) is 32.0 Å². The molecular formula is C22H27N3O6. The van der Waals surface area contributed by atoms with Crippen LogP contribution in [0.2, 0.25) is 0 Å². The summed E-state index contributed by atoms with van der Waals surface area (Å²) in [5.74, 6) is -3.13. The van der Waals surface area contributed by atoms with Gasteiger partial charge < -0.3 is 27.0 Å². The molecule has 2 aromatic carbocycles. The van der Waals surface area contributed by atoms with Gasteiger partial charge in [-0.25, -0.2) is 4.79 Å². The number of hydrogen-bond acceptors (Lipinski definition) is 5. The number of primary amides is 1. The average molecular weight is 429 g/mol. The van der Waals surface area contributed by atoms with Crippen LogP contribution in [0.3, 0.4) is 0 Å². The van der Waals surface area contributed by atoms with Crippen molar-refractivity contribution in [3.8, 4) is 0 Å². The van der Waals surface area contributed by atoms with Gasteiger partial charge in [0.25, 0.3) is 0 Å². The first-order valence-corrected chi connectivity index (χ1v) is 9.55. The highest BCUT2D eigenvalue weighted by Crippen LogP contribution is 2.03. The van der Waals surface area contributed by atoms with Crippen LogP contribution in [0.1, 0.15) is 24.0 Å². The topological polar surface area (TPSA) is 173 Å². The van der Waals surface area contributed by atoms with Gasteiger partial charge in [0, 0.05) is 6.42 Å². The molecule has 7 N–H and O–H groups in total. The van der Waals surface area contributed by atoms with Gasteiger partial charge in [-0.2, -0.15) is 0 Å². The number of rotatable bonds is 10. The number of benzene rings is 2. The van der Waals surface area contributed by atoms with Gasteiger partial charge in [0.05, 0.1) is 6.42 Å². The summed E-state index contributed by atoms with van der Waals surface area (Å²) in [6.45, 7) is 0. The SMILES string of the molecule is NC(=O)CCC(NC(=O)Cc1ccccc1)C(=O)O.NC(Cc1ccccc1)C(=O)O. The minimum absolute atomic E-state index is 0.00873. The molecular weight excluding hydrogens is 402 g/mol. The second-order valence-corrected chi connectivity index (χ2v) is 6.76. The predicted molar refractivity (Wildman–Crippen MR) is 114 cm³/mol. The van der Waals surface area contributed by atoms with Crippen LogP contribution in [0.5, 0.6) is 0 Å².